The highest BCUT2D eigenvalue weighted by Gasteiger charge is 2.35. The van der Waals surface area contributed by atoms with Crippen molar-refractivity contribution in [2.75, 3.05) is 23.3 Å². The lowest BCUT2D eigenvalue weighted by Gasteiger charge is -2.29. The number of alkyl halides is 3. The molecule has 0 aromatic heterocycles. The van der Waals surface area contributed by atoms with Crippen molar-refractivity contribution < 1.29 is 27.9 Å². The van der Waals surface area contributed by atoms with Gasteiger partial charge in [-0.1, -0.05) is 11.8 Å². The molecule has 2 aromatic carbocycles. The number of carbonyl (C=O) groups is 2. The van der Waals surface area contributed by atoms with Crippen molar-refractivity contribution in [1.29, 1.82) is 5.41 Å². The standard InChI is InChI=1S/C24H26F3N5O3/c1-14(2)32(23(35)31-13-21(33)34)20-12-19(24(25,26)27)17(11-15(20)3)5-4-10-30-18-8-6-16(7-9-18)22(28)29/h6-9,11-12,14,30H,10,13H2,1-3H3,(H3,28,29)(H,31,35)(H,33,34). The van der Waals surface area contributed by atoms with Gasteiger partial charge in [-0.05, 0) is 62.7 Å². The third-order valence-corrected chi connectivity index (χ3v) is 4.83. The van der Waals surface area contributed by atoms with E-state index in [2.05, 4.69) is 22.5 Å². The Labute approximate surface area is 200 Å². The summed E-state index contributed by atoms with van der Waals surface area (Å²) >= 11 is 0. The molecule has 0 spiro atoms. The number of nitrogens with one attached hydrogen (secondary N) is 3. The molecule has 0 aliphatic heterocycles. The summed E-state index contributed by atoms with van der Waals surface area (Å²) in [4.78, 5) is 24.4. The zero-order chi connectivity index (χ0) is 26.3. The molecule has 2 rings (SSSR count). The van der Waals surface area contributed by atoms with Gasteiger partial charge in [0.1, 0.15) is 12.4 Å². The monoisotopic (exact) mass is 489 g/mol. The van der Waals surface area contributed by atoms with E-state index in [0.29, 0.717) is 16.8 Å². The van der Waals surface area contributed by atoms with Gasteiger partial charge in [0.2, 0.25) is 0 Å². The summed E-state index contributed by atoms with van der Waals surface area (Å²) in [5.74, 6) is 3.86. The van der Waals surface area contributed by atoms with Crippen molar-refractivity contribution in [2.24, 2.45) is 5.73 Å². The minimum atomic E-state index is -4.73. The van der Waals surface area contributed by atoms with Crippen LogP contribution in [0.25, 0.3) is 0 Å². The Hall–Kier alpha value is -4.20. The van der Waals surface area contributed by atoms with Crippen LogP contribution in [0.1, 0.15) is 36.1 Å². The molecule has 2 amide bonds. The van der Waals surface area contributed by atoms with Crippen LogP contribution in [0, 0.1) is 24.2 Å². The number of nitrogens with two attached hydrogens (primary N) is 1. The van der Waals surface area contributed by atoms with E-state index in [1.165, 1.54) is 6.07 Å². The van der Waals surface area contributed by atoms with Crippen LogP contribution >= 0.6 is 0 Å². The molecule has 0 fully saturated rings. The fourth-order valence-corrected chi connectivity index (χ4v) is 3.21. The number of carbonyl (C=O) groups excluding carboxylic acids is 1. The van der Waals surface area contributed by atoms with Gasteiger partial charge in [0.25, 0.3) is 0 Å². The maximum Gasteiger partial charge on any atom is 0.417 e. The van der Waals surface area contributed by atoms with E-state index in [-0.39, 0.29) is 23.6 Å². The highest BCUT2D eigenvalue weighted by Crippen LogP contribution is 2.36. The Morgan fingerprint density at radius 2 is 1.83 bits per heavy atom. The zero-order valence-electron chi connectivity index (χ0n) is 19.4. The number of carboxylic acid groups (broad SMARTS) is 1. The van der Waals surface area contributed by atoms with Gasteiger partial charge in [0, 0.05) is 28.5 Å². The van der Waals surface area contributed by atoms with Gasteiger partial charge in [-0.3, -0.25) is 15.1 Å². The zero-order valence-corrected chi connectivity index (χ0v) is 19.4. The van der Waals surface area contributed by atoms with Gasteiger partial charge >= 0.3 is 18.2 Å². The molecule has 8 nitrogen and oxygen atoms in total. The number of aryl methyl sites for hydroxylation is 1. The molecule has 0 unspecified atom stereocenters. The largest absolute Gasteiger partial charge is 0.480 e. The topological polar surface area (TPSA) is 132 Å². The third-order valence-electron chi connectivity index (χ3n) is 4.83. The van der Waals surface area contributed by atoms with Crippen LogP contribution in [0.2, 0.25) is 0 Å². The first-order valence-electron chi connectivity index (χ1n) is 10.5. The van der Waals surface area contributed by atoms with Crippen LogP contribution in [0.3, 0.4) is 0 Å². The fraction of sp³-hybridized carbons (Fsp3) is 0.292. The number of amidine groups is 1. The van der Waals surface area contributed by atoms with E-state index < -0.39 is 36.3 Å². The van der Waals surface area contributed by atoms with E-state index in [1.54, 1.807) is 45.0 Å². The van der Waals surface area contributed by atoms with E-state index in [4.69, 9.17) is 16.2 Å². The number of halogens is 3. The van der Waals surface area contributed by atoms with Crippen LogP contribution in [0.5, 0.6) is 0 Å². The van der Waals surface area contributed by atoms with Crippen molar-refractivity contribution in [3.05, 3.63) is 58.7 Å². The number of anilines is 2. The lowest BCUT2D eigenvalue weighted by Crippen LogP contribution is -2.46. The highest BCUT2D eigenvalue weighted by atomic mass is 19.4. The maximum atomic E-state index is 13.8. The number of aliphatic carboxylic acids is 1. The van der Waals surface area contributed by atoms with Gasteiger partial charge in [0.15, 0.2) is 0 Å². The van der Waals surface area contributed by atoms with Gasteiger partial charge in [-0.2, -0.15) is 13.2 Å². The van der Waals surface area contributed by atoms with Crippen LogP contribution < -0.4 is 21.3 Å². The lowest BCUT2D eigenvalue weighted by atomic mass is 10.0. The van der Waals surface area contributed by atoms with Gasteiger partial charge < -0.3 is 21.5 Å². The van der Waals surface area contributed by atoms with Crippen LogP contribution in [0.15, 0.2) is 36.4 Å². The Kier molecular flexibility index (Phi) is 8.72. The molecule has 6 N–H and O–H groups in total. The lowest BCUT2D eigenvalue weighted by molar-refractivity contribution is -0.138. The summed E-state index contributed by atoms with van der Waals surface area (Å²) in [5.41, 5.74) is 5.72. The molecule has 0 aliphatic rings. The molecule has 0 aliphatic carbocycles. The Bertz CT molecular complexity index is 1170. The smallest absolute Gasteiger partial charge is 0.417 e. The quantitative estimate of drug-likeness (QED) is 0.230. The number of amides is 2. The number of hydrogen-bond donors (Lipinski definition) is 5. The number of rotatable bonds is 7. The summed E-state index contributed by atoms with van der Waals surface area (Å²) in [6.07, 6.45) is -4.73. The van der Waals surface area contributed by atoms with Crippen molar-refractivity contribution in [1.82, 2.24) is 5.32 Å². The first kappa shape index (κ1) is 27.0. The van der Waals surface area contributed by atoms with E-state index in [0.717, 1.165) is 11.0 Å². The predicted octanol–water partition coefficient (Wildman–Crippen LogP) is 3.77. The molecule has 35 heavy (non-hydrogen) atoms. The number of carboxylic acids is 1. The van der Waals surface area contributed by atoms with E-state index >= 15 is 0 Å². The molecule has 2 aromatic rings. The molecule has 0 saturated heterocycles. The summed E-state index contributed by atoms with van der Waals surface area (Å²) in [6.45, 7) is 4.16. The van der Waals surface area contributed by atoms with Crippen molar-refractivity contribution in [3.63, 3.8) is 0 Å². The Balaban J connectivity index is 2.33. The summed E-state index contributed by atoms with van der Waals surface area (Å²) < 4.78 is 41.5. The average Bonchev–Trinajstić information content (AvgIpc) is 2.76. The molecular weight excluding hydrogens is 463 g/mol. The summed E-state index contributed by atoms with van der Waals surface area (Å²) in [5, 5.41) is 21.3. The highest BCUT2D eigenvalue weighted by molar-refractivity contribution is 5.95. The average molecular weight is 489 g/mol. The normalized spacial score (nSPS) is 10.8. The van der Waals surface area contributed by atoms with Crippen LogP contribution in [-0.4, -0.2) is 42.1 Å². The second-order valence-electron chi connectivity index (χ2n) is 7.84. The van der Waals surface area contributed by atoms with Gasteiger partial charge in [-0.25, -0.2) is 4.79 Å². The second-order valence-corrected chi connectivity index (χ2v) is 7.84. The third kappa shape index (κ3) is 7.40. The van der Waals surface area contributed by atoms with Crippen LogP contribution in [-0.2, 0) is 11.0 Å². The summed E-state index contributed by atoms with van der Waals surface area (Å²) in [7, 11) is 0. The molecule has 0 saturated carbocycles. The van der Waals surface area contributed by atoms with Crippen molar-refractivity contribution >= 4 is 29.2 Å². The van der Waals surface area contributed by atoms with Crippen LogP contribution in [0.4, 0.5) is 29.3 Å². The Morgan fingerprint density at radius 3 is 2.34 bits per heavy atom. The summed E-state index contributed by atoms with van der Waals surface area (Å²) in [6, 6.07) is 7.36. The molecule has 11 heteroatoms. The minimum Gasteiger partial charge on any atom is -0.480 e. The minimum absolute atomic E-state index is 0.00412. The molecule has 0 bridgehead atoms. The number of nitrogens with zero attached hydrogens (tertiary/aromatic N) is 1. The molecular formula is C24H26F3N5O3. The predicted molar refractivity (Wildman–Crippen MR) is 128 cm³/mol. The van der Waals surface area contributed by atoms with Crippen molar-refractivity contribution in [2.45, 2.75) is 33.0 Å². The first-order valence-corrected chi connectivity index (χ1v) is 10.5. The van der Waals surface area contributed by atoms with Gasteiger partial charge in [0.05, 0.1) is 12.1 Å². The number of hydrogen-bond acceptors (Lipinski definition) is 4. The number of benzene rings is 2. The molecule has 0 heterocycles. The van der Waals surface area contributed by atoms with E-state index in [9.17, 15) is 22.8 Å². The van der Waals surface area contributed by atoms with E-state index in [1.807, 2.05) is 0 Å². The molecule has 0 atom stereocenters. The second kappa shape index (κ2) is 11.3. The molecule has 186 valence electrons. The first-order chi connectivity index (χ1) is 16.3. The number of urea groups is 1. The number of nitrogen functional groups attached to an aromatic ring is 1. The Morgan fingerprint density at radius 1 is 1.20 bits per heavy atom. The fourth-order valence-electron chi connectivity index (χ4n) is 3.21. The van der Waals surface area contributed by atoms with Crippen molar-refractivity contribution in [3.8, 4) is 11.8 Å². The molecule has 0 radical (unpaired) electrons. The SMILES string of the molecule is Cc1cc(C#CCNc2ccc(C(=N)N)cc2)c(C(F)(F)F)cc1N(C(=O)NCC(=O)O)C(C)C. The van der Waals surface area contributed by atoms with Gasteiger partial charge in [-0.15, -0.1) is 0 Å². The maximum absolute atomic E-state index is 13.8.